The molecule has 2 aliphatic heterocycles. The number of rotatable bonds is 6. The summed E-state index contributed by atoms with van der Waals surface area (Å²) in [6.07, 6.45) is -5.23. The van der Waals surface area contributed by atoms with Gasteiger partial charge in [-0.25, -0.2) is 4.79 Å². The number of aliphatic hydroxyl groups is 1. The Balaban J connectivity index is 1.47. The highest BCUT2D eigenvalue weighted by molar-refractivity contribution is 6.67. The zero-order chi connectivity index (χ0) is 24.1. The molecule has 6 atom stereocenters. The number of carbonyl (C=O) groups is 1. The lowest BCUT2D eigenvalue weighted by molar-refractivity contribution is -0.345. The summed E-state index contributed by atoms with van der Waals surface area (Å²) in [4.78, 5) is 12.4. The van der Waals surface area contributed by atoms with Gasteiger partial charge >= 0.3 is 6.09 Å². The van der Waals surface area contributed by atoms with Gasteiger partial charge in [0.1, 0.15) is 31.0 Å². The van der Waals surface area contributed by atoms with Gasteiger partial charge in [-0.15, -0.1) is 0 Å². The van der Waals surface area contributed by atoms with E-state index >= 15 is 0 Å². The minimum atomic E-state index is -1.78. The molecule has 11 heteroatoms. The monoisotopic (exact) mass is 531 g/mol. The minimum absolute atomic E-state index is 0.164. The van der Waals surface area contributed by atoms with E-state index < -0.39 is 53.4 Å². The number of aliphatic hydroxyl groups excluding tert-OH is 1. The molecule has 2 N–H and O–H groups in total. The normalized spacial score (nSPS) is 29.2. The van der Waals surface area contributed by atoms with Gasteiger partial charge in [0.25, 0.3) is 0 Å². The molecule has 0 bridgehead atoms. The van der Waals surface area contributed by atoms with E-state index in [1.807, 2.05) is 60.7 Å². The maximum atomic E-state index is 12.4. The lowest BCUT2D eigenvalue weighted by Gasteiger charge is -2.47. The van der Waals surface area contributed by atoms with Crippen LogP contribution in [0.15, 0.2) is 60.7 Å². The molecule has 2 aromatic rings. The summed E-state index contributed by atoms with van der Waals surface area (Å²) in [5, 5.41) is 13.7. The summed E-state index contributed by atoms with van der Waals surface area (Å²) in [5.74, 6) is 0. The number of amides is 1. The fourth-order valence-corrected chi connectivity index (χ4v) is 3.91. The number of alkyl halides is 3. The number of alkyl carbamates (subject to hydrolysis) is 1. The quantitative estimate of drug-likeness (QED) is 0.545. The summed E-state index contributed by atoms with van der Waals surface area (Å²) < 4.78 is 27.0. The second-order valence-corrected chi connectivity index (χ2v) is 10.4. The first-order valence-corrected chi connectivity index (χ1v) is 11.7. The van der Waals surface area contributed by atoms with Gasteiger partial charge in [-0.1, -0.05) is 95.5 Å². The van der Waals surface area contributed by atoms with Crippen molar-refractivity contribution in [3.8, 4) is 0 Å². The highest BCUT2D eigenvalue weighted by atomic mass is 35.6. The van der Waals surface area contributed by atoms with Crippen LogP contribution in [0.2, 0.25) is 0 Å². The fourth-order valence-electron chi connectivity index (χ4n) is 3.75. The molecule has 0 aromatic heterocycles. The lowest BCUT2D eigenvalue weighted by atomic mass is 9.96. The molecule has 2 heterocycles. The average molecular weight is 533 g/mol. The fraction of sp³-hybridized carbons (Fsp3) is 0.435. The van der Waals surface area contributed by atoms with Crippen LogP contribution in [0.3, 0.4) is 0 Å². The van der Waals surface area contributed by atoms with E-state index in [4.69, 9.17) is 58.5 Å². The standard InChI is InChI=1S/C23H24Cl3NO7/c24-23(25,26)13-32-22(29)27-17-18(28)19-16(12-31-20(34-19)15-9-5-2-6-10-15)33-21(17)30-11-14-7-3-1-4-8-14/h1-10,16-21,28H,11-13H2,(H,27,29)/t16-,17-,18-,19-,20?,21+/m1/s1. The summed E-state index contributed by atoms with van der Waals surface area (Å²) >= 11 is 17.0. The lowest BCUT2D eigenvalue weighted by Crippen LogP contribution is -2.66. The van der Waals surface area contributed by atoms with Crippen molar-refractivity contribution in [2.75, 3.05) is 13.2 Å². The number of ether oxygens (including phenoxy) is 5. The first-order chi connectivity index (χ1) is 16.3. The second kappa shape index (κ2) is 11.4. The molecule has 0 saturated carbocycles. The second-order valence-electron chi connectivity index (χ2n) is 7.87. The van der Waals surface area contributed by atoms with Crippen molar-refractivity contribution >= 4 is 40.9 Å². The summed E-state index contributed by atoms with van der Waals surface area (Å²) in [6.45, 7) is -0.128. The van der Waals surface area contributed by atoms with Gasteiger partial charge in [-0.05, 0) is 5.56 Å². The first kappa shape index (κ1) is 25.5. The molecule has 0 aliphatic carbocycles. The molecule has 2 aromatic carbocycles. The summed E-state index contributed by atoms with van der Waals surface area (Å²) in [7, 11) is 0. The van der Waals surface area contributed by atoms with Crippen LogP contribution in [0.1, 0.15) is 17.4 Å². The van der Waals surface area contributed by atoms with Crippen molar-refractivity contribution in [2.45, 2.75) is 47.3 Å². The molecule has 2 aliphatic rings. The van der Waals surface area contributed by atoms with Crippen LogP contribution in [0.25, 0.3) is 0 Å². The maximum absolute atomic E-state index is 12.4. The number of carbonyl (C=O) groups excluding carboxylic acids is 1. The van der Waals surface area contributed by atoms with E-state index in [0.29, 0.717) is 0 Å². The van der Waals surface area contributed by atoms with Gasteiger partial charge in [0, 0.05) is 5.56 Å². The Kier molecular flexibility index (Phi) is 8.55. The number of fused-ring (bicyclic) bond motifs is 1. The number of benzene rings is 2. The molecule has 184 valence electrons. The summed E-state index contributed by atoms with van der Waals surface area (Å²) in [6, 6.07) is 17.7. The smallest absolute Gasteiger partial charge is 0.407 e. The molecular formula is C23H24Cl3NO7. The molecule has 8 nitrogen and oxygen atoms in total. The topological polar surface area (TPSA) is 95.5 Å². The Morgan fingerprint density at radius 3 is 2.41 bits per heavy atom. The van der Waals surface area contributed by atoms with Crippen LogP contribution in [0.5, 0.6) is 0 Å². The zero-order valence-corrected chi connectivity index (χ0v) is 20.2. The number of hydrogen-bond acceptors (Lipinski definition) is 7. The summed E-state index contributed by atoms with van der Waals surface area (Å²) in [5.41, 5.74) is 1.68. The van der Waals surface area contributed by atoms with E-state index in [1.54, 1.807) is 0 Å². The van der Waals surface area contributed by atoms with Gasteiger partial charge in [0.05, 0.1) is 13.2 Å². The average Bonchev–Trinajstić information content (AvgIpc) is 2.84. The largest absolute Gasteiger partial charge is 0.445 e. The molecule has 34 heavy (non-hydrogen) atoms. The van der Waals surface area contributed by atoms with Gasteiger partial charge in [0.2, 0.25) is 3.79 Å². The number of nitrogens with one attached hydrogen (secondary N) is 1. The van der Waals surface area contributed by atoms with E-state index in [2.05, 4.69) is 5.32 Å². The van der Waals surface area contributed by atoms with Crippen LogP contribution in [0, 0.1) is 0 Å². The third-order valence-electron chi connectivity index (χ3n) is 5.35. The van der Waals surface area contributed by atoms with Gasteiger partial charge in [0.15, 0.2) is 12.6 Å². The van der Waals surface area contributed by atoms with Crippen molar-refractivity contribution in [3.63, 3.8) is 0 Å². The number of halogens is 3. The van der Waals surface area contributed by atoms with E-state index in [1.165, 1.54) is 0 Å². The van der Waals surface area contributed by atoms with Crippen molar-refractivity contribution in [1.82, 2.24) is 5.32 Å². The van der Waals surface area contributed by atoms with Crippen LogP contribution in [-0.2, 0) is 30.3 Å². The van der Waals surface area contributed by atoms with Crippen LogP contribution in [0.4, 0.5) is 4.79 Å². The van der Waals surface area contributed by atoms with Gasteiger partial charge in [-0.3, -0.25) is 0 Å². The predicted molar refractivity (Wildman–Crippen MR) is 124 cm³/mol. The third kappa shape index (κ3) is 6.74. The SMILES string of the molecule is O=C(N[C@H]1[C@@H](OCc2ccccc2)O[C@@H]2COC(c3ccccc3)O[C@H]2[C@@H]1O)OCC(Cl)(Cl)Cl. The maximum Gasteiger partial charge on any atom is 0.407 e. The highest BCUT2D eigenvalue weighted by Gasteiger charge is 2.50. The Labute approximate surface area is 211 Å². The molecule has 2 fully saturated rings. The van der Waals surface area contributed by atoms with Crippen LogP contribution >= 0.6 is 34.8 Å². The van der Waals surface area contributed by atoms with Crippen LogP contribution in [-0.4, -0.2) is 58.8 Å². The van der Waals surface area contributed by atoms with E-state index in [0.717, 1.165) is 11.1 Å². The minimum Gasteiger partial charge on any atom is -0.445 e. The predicted octanol–water partition coefficient (Wildman–Crippen LogP) is 3.87. The van der Waals surface area contributed by atoms with Crippen molar-refractivity contribution in [3.05, 3.63) is 71.8 Å². The van der Waals surface area contributed by atoms with Crippen molar-refractivity contribution in [2.24, 2.45) is 0 Å². The molecule has 4 rings (SSSR count). The molecule has 0 spiro atoms. The van der Waals surface area contributed by atoms with Crippen molar-refractivity contribution < 1.29 is 33.6 Å². The number of hydrogen-bond donors (Lipinski definition) is 2. The van der Waals surface area contributed by atoms with Gasteiger partial charge in [-0.2, -0.15) is 0 Å². The Bertz CT molecular complexity index is 931. The highest BCUT2D eigenvalue weighted by Crippen LogP contribution is 2.34. The molecule has 2 saturated heterocycles. The Morgan fingerprint density at radius 1 is 1.06 bits per heavy atom. The molecule has 0 radical (unpaired) electrons. The van der Waals surface area contributed by atoms with Gasteiger partial charge < -0.3 is 34.1 Å². The van der Waals surface area contributed by atoms with E-state index in [-0.39, 0.29) is 13.2 Å². The van der Waals surface area contributed by atoms with Crippen molar-refractivity contribution in [1.29, 1.82) is 0 Å². The first-order valence-electron chi connectivity index (χ1n) is 10.6. The zero-order valence-electron chi connectivity index (χ0n) is 17.9. The molecule has 1 amide bonds. The van der Waals surface area contributed by atoms with Crippen LogP contribution < -0.4 is 5.32 Å². The van der Waals surface area contributed by atoms with E-state index in [9.17, 15) is 9.90 Å². The Morgan fingerprint density at radius 2 is 1.74 bits per heavy atom. The molecular weight excluding hydrogens is 509 g/mol. The molecule has 1 unspecified atom stereocenters. The Hall–Kier alpha value is -1.62. The third-order valence-corrected chi connectivity index (χ3v) is 5.67.